The van der Waals surface area contributed by atoms with Gasteiger partial charge in [-0.05, 0) is 89.1 Å². The third kappa shape index (κ3) is 6.69. The van der Waals surface area contributed by atoms with E-state index in [0.717, 1.165) is 0 Å². The van der Waals surface area contributed by atoms with Crippen molar-refractivity contribution in [2.24, 2.45) is 0 Å². The molecule has 0 spiro atoms. The first-order valence-corrected chi connectivity index (χ1v) is 14.1. The molecule has 0 aliphatic heterocycles. The molecule has 4 aromatic carbocycles. The second-order valence-electron chi connectivity index (χ2n) is 8.15. The molecule has 4 rings (SSSR count). The largest absolute Gasteiger partial charge is 0.456 e. The lowest BCUT2D eigenvalue weighted by molar-refractivity contribution is -0.384. The van der Waals surface area contributed by atoms with Crippen LogP contribution in [0.4, 0.5) is 17.1 Å². The number of para-hydroxylation sites is 1. The summed E-state index contributed by atoms with van der Waals surface area (Å²) in [4.78, 5) is 24.0. The van der Waals surface area contributed by atoms with Gasteiger partial charge in [-0.15, -0.1) is 0 Å². The van der Waals surface area contributed by atoms with Gasteiger partial charge in [-0.2, -0.15) is 0 Å². The fraction of sp³-hybridized carbons (Fsp3) is 0.0385. The SMILES string of the molecule is Cc1cc(Br)c(NC(=O)c2cc(Cl)ccc2NS(=O)(=O)c2ccc(Oc3ccccc3Cl)cc2)c([N+](=O)[O-])c1. The monoisotopic (exact) mass is 649 g/mol. The van der Waals surface area contributed by atoms with Crippen molar-refractivity contribution in [2.75, 3.05) is 10.0 Å². The van der Waals surface area contributed by atoms with E-state index in [1.54, 1.807) is 37.3 Å². The summed E-state index contributed by atoms with van der Waals surface area (Å²) in [6, 6.07) is 19.3. The van der Waals surface area contributed by atoms with Crippen LogP contribution in [0.15, 0.2) is 88.2 Å². The Hall–Kier alpha value is -3.64. The van der Waals surface area contributed by atoms with Crippen molar-refractivity contribution in [3.8, 4) is 11.5 Å². The summed E-state index contributed by atoms with van der Waals surface area (Å²) in [5, 5.41) is 14.6. The van der Waals surface area contributed by atoms with Crippen molar-refractivity contribution in [3.63, 3.8) is 0 Å². The van der Waals surface area contributed by atoms with Crippen LogP contribution in [-0.4, -0.2) is 19.2 Å². The molecule has 0 fully saturated rings. The van der Waals surface area contributed by atoms with Crippen molar-refractivity contribution in [1.82, 2.24) is 0 Å². The van der Waals surface area contributed by atoms with Crippen LogP contribution in [0, 0.1) is 17.0 Å². The highest BCUT2D eigenvalue weighted by molar-refractivity contribution is 9.10. The van der Waals surface area contributed by atoms with E-state index in [4.69, 9.17) is 27.9 Å². The molecule has 0 aromatic heterocycles. The van der Waals surface area contributed by atoms with Crippen LogP contribution in [0.2, 0.25) is 10.0 Å². The number of hydrogen-bond acceptors (Lipinski definition) is 6. The van der Waals surface area contributed by atoms with Gasteiger partial charge in [0, 0.05) is 15.6 Å². The first-order valence-electron chi connectivity index (χ1n) is 11.1. The molecule has 0 atom stereocenters. The van der Waals surface area contributed by atoms with Gasteiger partial charge < -0.3 is 10.1 Å². The molecule has 0 saturated heterocycles. The number of aryl methyl sites for hydroxylation is 1. The molecule has 0 saturated carbocycles. The number of sulfonamides is 1. The van der Waals surface area contributed by atoms with Crippen molar-refractivity contribution < 1.29 is 22.9 Å². The summed E-state index contributed by atoms with van der Waals surface area (Å²) in [6.07, 6.45) is 0. The number of hydrogen-bond donors (Lipinski definition) is 2. The molecule has 0 aliphatic carbocycles. The maximum Gasteiger partial charge on any atom is 0.294 e. The number of benzene rings is 4. The summed E-state index contributed by atoms with van der Waals surface area (Å²) in [5.74, 6) is -0.0459. The van der Waals surface area contributed by atoms with E-state index in [2.05, 4.69) is 26.0 Å². The lowest BCUT2D eigenvalue weighted by Gasteiger charge is -2.15. The van der Waals surface area contributed by atoms with Crippen LogP contribution >= 0.6 is 39.1 Å². The zero-order chi connectivity index (χ0) is 28.3. The average molecular weight is 651 g/mol. The van der Waals surface area contributed by atoms with Gasteiger partial charge in [0.15, 0.2) is 0 Å². The molecule has 4 aromatic rings. The fourth-order valence-corrected chi connectivity index (χ4v) is 5.60. The third-order valence-corrected chi connectivity index (χ3v) is 7.87. The minimum Gasteiger partial charge on any atom is -0.456 e. The Morgan fingerprint density at radius 2 is 1.69 bits per heavy atom. The van der Waals surface area contributed by atoms with E-state index in [9.17, 15) is 23.3 Å². The van der Waals surface area contributed by atoms with Crippen molar-refractivity contribution in [1.29, 1.82) is 0 Å². The average Bonchev–Trinajstić information content (AvgIpc) is 2.88. The van der Waals surface area contributed by atoms with Crippen LogP contribution < -0.4 is 14.8 Å². The van der Waals surface area contributed by atoms with Gasteiger partial charge in [-0.1, -0.05) is 35.3 Å². The van der Waals surface area contributed by atoms with E-state index in [-0.39, 0.29) is 37.0 Å². The van der Waals surface area contributed by atoms with Crippen molar-refractivity contribution in [2.45, 2.75) is 11.8 Å². The summed E-state index contributed by atoms with van der Waals surface area (Å²) in [5.41, 5.74) is -0.0475. The van der Waals surface area contributed by atoms with Crippen molar-refractivity contribution >= 4 is 72.1 Å². The number of halogens is 3. The second-order valence-corrected chi connectivity index (χ2v) is 11.5. The highest BCUT2D eigenvalue weighted by Gasteiger charge is 2.24. The Bertz CT molecular complexity index is 1700. The smallest absolute Gasteiger partial charge is 0.294 e. The van der Waals surface area contributed by atoms with Gasteiger partial charge in [0.25, 0.3) is 21.6 Å². The highest BCUT2D eigenvalue weighted by Crippen LogP contribution is 2.35. The van der Waals surface area contributed by atoms with Gasteiger partial charge in [0.1, 0.15) is 17.2 Å². The quantitative estimate of drug-likeness (QED) is 0.148. The van der Waals surface area contributed by atoms with E-state index in [1.165, 1.54) is 48.5 Å². The summed E-state index contributed by atoms with van der Waals surface area (Å²) < 4.78 is 34.6. The van der Waals surface area contributed by atoms with Crippen LogP contribution in [0.25, 0.3) is 0 Å². The Morgan fingerprint density at radius 3 is 2.36 bits per heavy atom. The van der Waals surface area contributed by atoms with E-state index in [0.29, 0.717) is 22.1 Å². The molecule has 9 nitrogen and oxygen atoms in total. The maximum atomic E-state index is 13.2. The zero-order valence-corrected chi connectivity index (χ0v) is 23.9. The number of nitrogens with zero attached hydrogens (tertiary/aromatic N) is 1. The Kier molecular flexibility index (Phi) is 8.45. The lowest BCUT2D eigenvalue weighted by atomic mass is 10.1. The molecule has 2 N–H and O–H groups in total. The maximum absolute atomic E-state index is 13.2. The number of anilines is 2. The predicted molar refractivity (Wildman–Crippen MR) is 154 cm³/mol. The molecule has 0 aliphatic rings. The van der Waals surface area contributed by atoms with E-state index in [1.807, 2.05) is 0 Å². The van der Waals surface area contributed by atoms with Gasteiger partial charge in [-0.3, -0.25) is 19.6 Å². The number of nitro benzene ring substituents is 1. The first-order chi connectivity index (χ1) is 18.4. The standard InChI is InChI=1S/C26H18BrCl2N3O6S/c1-15-12-20(27)25(23(13-15)32(34)35)30-26(33)19-14-16(28)6-11-22(19)31-39(36,37)18-9-7-17(8-10-18)38-24-5-3-2-4-21(24)29/h2-14,31H,1H3,(H,30,33). The minimum atomic E-state index is -4.16. The molecule has 0 radical (unpaired) electrons. The molecule has 0 bridgehead atoms. The third-order valence-electron chi connectivity index (χ3n) is 5.32. The number of carbonyl (C=O) groups is 1. The van der Waals surface area contributed by atoms with Crippen LogP contribution in [0.5, 0.6) is 11.5 Å². The van der Waals surface area contributed by atoms with Gasteiger partial charge in [0.2, 0.25) is 0 Å². The number of rotatable bonds is 8. The van der Waals surface area contributed by atoms with Gasteiger partial charge in [-0.25, -0.2) is 8.42 Å². The van der Waals surface area contributed by atoms with E-state index >= 15 is 0 Å². The van der Waals surface area contributed by atoms with Gasteiger partial charge >= 0.3 is 0 Å². The number of carbonyl (C=O) groups excluding carboxylic acids is 1. The second kappa shape index (κ2) is 11.6. The summed E-state index contributed by atoms with van der Waals surface area (Å²) in [7, 11) is -4.16. The molecule has 0 unspecified atom stereocenters. The summed E-state index contributed by atoms with van der Waals surface area (Å²) in [6.45, 7) is 1.67. The Morgan fingerprint density at radius 1 is 1.00 bits per heavy atom. The molecule has 1 amide bonds. The molecule has 13 heteroatoms. The molecule has 0 heterocycles. The molecular weight excluding hydrogens is 633 g/mol. The number of ether oxygens (including phenoxy) is 1. The Balaban J connectivity index is 1.60. The van der Waals surface area contributed by atoms with Crippen molar-refractivity contribution in [3.05, 3.63) is 115 Å². The van der Waals surface area contributed by atoms with Crippen LogP contribution in [-0.2, 0) is 10.0 Å². The minimum absolute atomic E-state index is 0.0841. The summed E-state index contributed by atoms with van der Waals surface area (Å²) >= 11 is 15.4. The molecular formula is C26H18BrCl2N3O6S. The van der Waals surface area contributed by atoms with E-state index < -0.39 is 20.9 Å². The lowest BCUT2D eigenvalue weighted by Crippen LogP contribution is -2.19. The van der Waals surface area contributed by atoms with Gasteiger partial charge in [0.05, 0.1) is 26.1 Å². The molecule has 39 heavy (non-hydrogen) atoms. The first kappa shape index (κ1) is 28.4. The van der Waals surface area contributed by atoms with Crippen LogP contribution in [0.3, 0.4) is 0 Å². The van der Waals surface area contributed by atoms with Crippen LogP contribution in [0.1, 0.15) is 15.9 Å². The molecule has 200 valence electrons. The topological polar surface area (TPSA) is 128 Å². The fourth-order valence-electron chi connectivity index (χ4n) is 3.51. The number of nitro groups is 1. The number of amides is 1. The predicted octanol–water partition coefficient (Wildman–Crippen LogP) is 7.82. The highest BCUT2D eigenvalue weighted by atomic mass is 79.9. The zero-order valence-electron chi connectivity index (χ0n) is 19.9. The normalized spacial score (nSPS) is 11.1. The Labute approximate surface area is 242 Å². The number of nitrogens with one attached hydrogen (secondary N) is 2.